The van der Waals surface area contributed by atoms with Crippen LogP contribution in [-0.2, 0) is 6.54 Å². The molecule has 3 rings (SSSR count). The summed E-state index contributed by atoms with van der Waals surface area (Å²) in [6.07, 6.45) is 7.69. The third-order valence-corrected chi connectivity index (χ3v) is 4.14. The molecule has 3 aromatic rings. The summed E-state index contributed by atoms with van der Waals surface area (Å²) in [5.74, 6) is -0.458. The summed E-state index contributed by atoms with van der Waals surface area (Å²) >= 11 is 0. The molecule has 2 heterocycles. The molecular formula is C20H21N5O2. The summed E-state index contributed by atoms with van der Waals surface area (Å²) in [6, 6.07) is 10.5. The van der Waals surface area contributed by atoms with E-state index in [1.807, 2.05) is 0 Å². The lowest BCUT2D eigenvalue weighted by Gasteiger charge is -2.10. The third-order valence-electron chi connectivity index (χ3n) is 4.14. The van der Waals surface area contributed by atoms with Crippen LogP contribution in [0, 0.1) is 0 Å². The first-order valence-corrected chi connectivity index (χ1v) is 8.94. The quantitative estimate of drug-likeness (QED) is 0.397. The number of fused-ring (bicyclic) bond motifs is 1. The smallest absolute Gasteiger partial charge is 0.267 e. The zero-order valence-corrected chi connectivity index (χ0v) is 15.1. The zero-order chi connectivity index (χ0) is 19.1. The fourth-order valence-electron chi connectivity index (χ4n) is 2.73. The lowest BCUT2D eigenvalue weighted by atomic mass is 10.1. The van der Waals surface area contributed by atoms with Crippen LogP contribution in [0.3, 0.4) is 0 Å². The molecule has 0 aliphatic heterocycles. The van der Waals surface area contributed by atoms with Crippen LogP contribution in [0.5, 0.6) is 0 Å². The number of hydrazone groups is 1. The van der Waals surface area contributed by atoms with Gasteiger partial charge in [0.15, 0.2) is 5.69 Å². The van der Waals surface area contributed by atoms with E-state index in [0.717, 1.165) is 24.8 Å². The van der Waals surface area contributed by atoms with Crippen LogP contribution in [0.1, 0.15) is 42.2 Å². The summed E-state index contributed by atoms with van der Waals surface area (Å²) in [4.78, 5) is 29.2. The molecule has 138 valence electrons. The first-order chi connectivity index (χ1) is 13.2. The first-order valence-electron chi connectivity index (χ1n) is 8.94. The SMILES string of the molecule is CCCCCn1nc(C(=O)N/N=C\c2ccncc2)c2ccccc2c1=O. The van der Waals surface area contributed by atoms with Gasteiger partial charge in [-0.15, -0.1) is 0 Å². The fourth-order valence-corrected chi connectivity index (χ4v) is 2.73. The average Bonchev–Trinajstić information content (AvgIpc) is 2.70. The van der Waals surface area contributed by atoms with Crippen molar-refractivity contribution in [2.45, 2.75) is 32.7 Å². The topological polar surface area (TPSA) is 89.2 Å². The minimum atomic E-state index is -0.458. The van der Waals surface area contributed by atoms with Crippen LogP contribution in [-0.4, -0.2) is 26.9 Å². The molecule has 27 heavy (non-hydrogen) atoms. The zero-order valence-electron chi connectivity index (χ0n) is 15.1. The van der Waals surface area contributed by atoms with Gasteiger partial charge in [-0.3, -0.25) is 14.6 Å². The Balaban J connectivity index is 1.89. The van der Waals surface area contributed by atoms with Gasteiger partial charge in [-0.1, -0.05) is 38.0 Å². The van der Waals surface area contributed by atoms with E-state index in [1.165, 1.54) is 10.9 Å². The highest BCUT2D eigenvalue weighted by Crippen LogP contribution is 2.13. The van der Waals surface area contributed by atoms with Gasteiger partial charge in [0.05, 0.1) is 11.6 Å². The molecule has 1 amide bonds. The van der Waals surface area contributed by atoms with Crippen molar-refractivity contribution in [1.29, 1.82) is 0 Å². The lowest BCUT2D eigenvalue weighted by molar-refractivity contribution is 0.0949. The lowest BCUT2D eigenvalue weighted by Crippen LogP contribution is -2.29. The Hall–Kier alpha value is -3.35. The Labute approximate surface area is 156 Å². The van der Waals surface area contributed by atoms with Crippen molar-refractivity contribution in [2.24, 2.45) is 5.10 Å². The molecule has 2 aromatic heterocycles. The summed E-state index contributed by atoms with van der Waals surface area (Å²) in [6.45, 7) is 2.58. The van der Waals surface area contributed by atoms with Gasteiger partial charge in [0.25, 0.3) is 11.5 Å². The first kappa shape index (κ1) is 18.4. The van der Waals surface area contributed by atoms with Gasteiger partial charge < -0.3 is 0 Å². The number of carbonyl (C=O) groups is 1. The van der Waals surface area contributed by atoms with Gasteiger partial charge in [0, 0.05) is 24.3 Å². The predicted molar refractivity (Wildman–Crippen MR) is 105 cm³/mol. The highest BCUT2D eigenvalue weighted by Gasteiger charge is 2.16. The Kier molecular flexibility index (Phi) is 6.04. The molecule has 0 bridgehead atoms. The number of amides is 1. The molecule has 0 radical (unpaired) electrons. The van der Waals surface area contributed by atoms with Crippen LogP contribution >= 0.6 is 0 Å². The molecule has 0 fully saturated rings. The largest absolute Gasteiger partial charge is 0.292 e. The van der Waals surface area contributed by atoms with E-state index in [9.17, 15) is 9.59 Å². The van der Waals surface area contributed by atoms with Crippen LogP contribution in [0.2, 0.25) is 0 Å². The van der Waals surface area contributed by atoms with Crippen molar-refractivity contribution in [2.75, 3.05) is 0 Å². The van der Waals surface area contributed by atoms with Crippen molar-refractivity contribution in [3.05, 3.63) is 70.4 Å². The normalized spacial score (nSPS) is 11.1. The number of aryl methyl sites for hydroxylation is 1. The minimum absolute atomic E-state index is 0.182. The van der Waals surface area contributed by atoms with Gasteiger partial charge in [-0.2, -0.15) is 10.2 Å². The Morgan fingerprint density at radius 2 is 1.89 bits per heavy atom. The van der Waals surface area contributed by atoms with E-state index in [-0.39, 0.29) is 11.3 Å². The number of nitrogens with one attached hydrogen (secondary N) is 1. The van der Waals surface area contributed by atoms with Crippen LogP contribution in [0.25, 0.3) is 10.8 Å². The van der Waals surface area contributed by atoms with Crippen molar-refractivity contribution in [1.82, 2.24) is 20.2 Å². The number of unbranched alkanes of at least 4 members (excludes halogenated alkanes) is 2. The Bertz CT molecular complexity index is 1010. The van der Waals surface area contributed by atoms with Gasteiger partial charge in [0.1, 0.15) is 0 Å². The summed E-state index contributed by atoms with van der Waals surface area (Å²) < 4.78 is 1.37. The maximum absolute atomic E-state index is 12.6. The van der Waals surface area contributed by atoms with E-state index < -0.39 is 5.91 Å². The predicted octanol–water partition coefficient (Wildman–Crippen LogP) is 2.75. The number of pyridine rings is 1. The Morgan fingerprint density at radius 1 is 1.15 bits per heavy atom. The van der Waals surface area contributed by atoms with E-state index in [2.05, 4.69) is 27.5 Å². The van der Waals surface area contributed by atoms with Crippen molar-refractivity contribution in [3.63, 3.8) is 0 Å². The molecule has 0 spiro atoms. The van der Waals surface area contributed by atoms with E-state index in [1.54, 1.807) is 48.8 Å². The maximum atomic E-state index is 12.6. The molecule has 7 nitrogen and oxygen atoms in total. The molecular weight excluding hydrogens is 342 g/mol. The summed E-state index contributed by atoms with van der Waals surface area (Å²) in [5.41, 5.74) is 3.30. The van der Waals surface area contributed by atoms with E-state index in [0.29, 0.717) is 17.3 Å². The van der Waals surface area contributed by atoms with E-state index in [4.69, 9.17) is 0 Å². The average molecular weight is 363 g/mol. The van der Waals surface area contributed by atoms with Crippen molar-refractivity contribution >= 4 is 22.9 Å². The molecule has 0 aliphatic carbocycles. The van der Waals surface area contributed by atoms with Crippen molar-refractivity contribution in [3.8, 4) is 0 Å². The number of hydrogen-bond acceptors (Lipinski definition) is 5. The second-order valence-electron chi connectivity index (χ2n) is 6.11. The van der Waals surface area contributed by atoms with Crippen LogP contribution < -0.4 is 11.0 Å². The number of benzene rings is 1. The van der Waals surface area contributed by atoms with Gasteiger partial charge in [-0.25, -0.2) is 10.1 Å². The summed E-state index contributed by atoms with van der Waals surface area (Å²) in [5, 5.41) is 9.28. The standard InChI is InChI=1S/C20H21N5O2/c1-2-3-6-13-25-20(27)17-8-5-4-7-16(17)18(24-25)19(26)23-22-14-15-9-11-21-12-10-15/h4-5,7-12,14H,2-3,6,13H2,1H3,(H,23,26)/b22-14-. The van der Waals surface area contributed by atoms with Gasteiger partial charge in [0.2, 0.25) is 0 Å². The molecule has 0 aliphatic rings. The number of aromatic nitrogens is 3. The van der Waals surface area contributed by atoms with Crippen LogP contribution in [0.15, 0.2) is 58.7 Å². The molecule has 7 heteroatoms. The number of carbonyl (C=O) groups excluding carboxylic acids is 1. The molecule has 1 aromatic carbocycles. The second-order valence-corrected chi connectivity index (χ2v) is 6.11. The van der Waals surface area contributed by atoms with Gasteiger partial charge in [-0.05, 0) is 30.2 Å². The Morgan fingerprint density at radius 3 is 2.63 bits per heavy atom. The minimum Gasteiger partial charge on any atom is -0.267 e. The number of hydrogen-bond donors (Lipinski definition) is 1. The summed E-state index contributed by atoms with van der Waals surface area (Å²) in [7, 11) is 0. The molecule has 0 atom stereocenters. The highest BCUT2D eigenvalue weighted by atomic mass is 16.2. The monoisotopic (exact) mass is 363 g/mol. The molecule has 0 saturated heterocycles. The van der Waals surface area contributed by atoms with E-state index >= 15 is 0 Å². The van der Waals surface area contributed by atoms with Crippen LogP contribution in [0.4, 0.5) is 0 Å². The molecule has 1 N–H and O–H groups in total. The number of nitrogens with zero attached hydrogens (tertiary/aromatic N) is 4. The molecule has 0 saturated carbocycles. The van der Waals surface area contributed by atoms with Crippen molar-refractivity contribution < 1.29 is 4.79 Å². The highest BCUT2D eigenvalue weighted by molar-refractivity contribution is 6.04. The van der Waals surface area contributed by atoms with Gasteiger partial charge >= 0.3 is 0 Å². The third kappa shape index (κ3) is 4.44. The maximum Gasteiger partial charge on any atom is 0.292 e. The number of rotatable bonds is 7. The second kappa shape index (κ2) is 8.84. The fraction of sp³-hybridized carbons (Fsp3) is 0.250. The molecule has 0 unspecified atom stereocenters.